The standard InChI is InChI=1S/C19H15Cl2NOS/c20-12-5-6-13(15(21)9-12)18(23)19-17(22)14-7-10-3-1-2-4-11(10)8-16(14)24-19/h5-9H,1-4,22H2. The minimum absolute atomic E-state index is 0.145. The van der Waals surface area contributed by atoms with Crippen molar-refractivity contribution < 1.29 is 4.79 Å². The molecule has 0 fully saturated rings. The third kappa shape index (κ3) is 2.61. The van der Waals surface area contributed by atoms with Crippen molar-refractivity contribution in [3.05, 3.63) is 61.9 Å². The maximum absolute atomic E-state index is 12.9. The largest absolute Gasteiger partial charge is 0.397 e. The number of nitrogens with two attached hydrogens (primary N) is 1. The van der Waals surface area contributed by atoms with E-state index in [9.17, 15) is 4.79 Å². The number of halogens is 2. The molecule has 1 aromatic heterocycles. The fourth-order valence-corrected chi connectivity index (χ4v) is 4.93. The fourth-order valence-electron chi connectivity index (χ4n) is 3.31. The van der Waals surface area contributed by atoms with Gasteiger partial charge in [-0.05, 0) is 67.1 Å². The van der Waals surface area contributed by atoms with Crippen LogP contribution in [0, 0.1) is 0 Å². The highest BCUT2D eigenvalue weighted by Gasteiger charge is 2.22. The second-order valence-electron chi connectivity index (χ2n) is 6.12. The van der Waals surface area contributed by atoms with Gasteiger partial charge in [0.05, 0.1) is 15.6 Å². The number of anilines is 1. The lowest BCUT2D eigenvalue weighted by Crippen LogP contribution is -2.03. The monoisotopic (exact) mass is 375 g/mol. The van der Waals surface area contributed by atoms with E-state index in [1.165, 1.54) is 35.3 Å². The third-order valence-electron chi connectivity index (χ3n) is 4.57. The Morgan fingerprint density at radius 2 is 1.75 bits per heavy atom. The van der Waals surface area contributed by atoms with Gasteiger partial charge in [0.1, 0.15) is 0 Å². The molecule has 2 aromatic carbocycles. The number of fused-ring (bicyclic) bond motifs is 2. The summed E-state index contributed by atoms with van der Waals surface area (Å²) in [5.74, 6) is -0.145. The Hall–Kier alpha value is -1.55. The highest BCUT2D eigenvalue weighted by atomic mass is 35.5. The Bertz CT molecular complexity index is 977. The minimum Gasteiger partial charge on any atom is -0.397 e. The summed E-state index contributed by atoms with van der Waals surface area (Å²) >= 11 is 13.6. The zero-order valence-corrected chi connectivity index (χ0v) is 15.2. The topological polar surface area (TPSA) is 43.1 Å². The van der Waals surface area contributed by atoms with Crippen LogP contribution in [0.1, 0.15) is 39.2 Å². The molecule has 0 unspecified atom stereocenters. The van der Waals surface area contributed by atoms with Gasteiger partial charge in [0.25, 0.3) is 0 Å². The van der Waals surface area contributed by atoms with Crippen LogP contribution in [-0.4, -0.2) is 5.78 Å². The molecule has 0 bridgehead atoms. The number of aryl methyl sites for hydroxylation is 2. The molecule has 3 aromatic rings. The lowest BCUT2D eigenvalue weighted by atomic mass is 9.91. The van der Waals surface area contributed by atoms with E-state index in [-0.39, 0.29) is 5.78 Å². The summed E-state index contributed by atoms with van der Waals surface area (Å²) in [6.45, 7) is 0. The van der Waals surface area contributed by atoms with E-state index in [2.05, 4.69) is 12.1 Å². The summed E-state index contributed by atoms with van der Waals surface area (Å²) < 4.78 is 1.07. The van der Waals surface area contributed by atoms with E-state index in [1.807, 2.05) is 0 Å². The Morgan fingerprint density at radius 1 is 1.04 bits per heavy atom. The van der Waals surface area contributed by atoms with Crippen LogP contribution in [0.5, 0.6) is 0 Å². The number of hydrogen-bond acceptors (Lipinski definition) is 3. The maximum Gasteiger partial charge on any atom is 0.206 e. The van der Waals surface area contributed by atoms with Gasteiger partial charge in [-0.1, -0.05) is 23.2 Å². The Morgan fingerprint density at radius 3 is 2.46 bits per heavy atom. The lowest BCUT2D eigenvalue weighted by Gasteiger charge is -2.15. The molecule has 122 valence electrons. The maximum atomic E-state index is 12.9. The first-order valence-electron chi connectivity index (χ1n) is 7.88. The fraction of sp³-hybridized carbons (Fsp3) is 0.211. The van der Waals surface area contributed by atoms with E-state index >= 15 is 0 Å². The number of hydrogen-bond donors (Lipinski definition) is 1. The Balaban J connectivity index is 1.84. The van der Waals surface area contributed by atoms with Gasteiger partial charge < -0.3 is 5.73 Å². The average molecular weight is 376 g/mol. The summed E-state index contributed by atoms with van der Waals surface area (Å²) in [7, 11) is 0. The number of rotatable bonds is 2. The zero-order valence-electron chi connectivity index (χ0n) is 12.9. The van der Waals surface area contributed by atoms with Gasteiger partial charge >= 0.3 is 0 Å². The predicted octanol–water partition coefficient (Wildman–Crippen LogP) is 5.90. The van der Waals surface area contributed by atoms with Crippen LogP contribution >= 0.6 is 34.5 Å². The molecule has 1 aliphatic rings. The number of benzene rings is 2. The summed E-state index contributed by atoms with van der Waals surface area (Å²) in [5.41, 5.74) is 10.1. The number of nitrogen functional groups attached to an aromatic ring is 1. The summed E-state index contributed by atoms with van der Waals surface area (Å²) in [4.78, 5) is 13.4. The van der Waals surface area contributed by atoms with Gasteiger partial charge in [-0.2, -0.15) is 0 Å². The van der Waals surface area contributed by atoms with Crippen LogP contribution in [0.15, 0.2) is 30.3 Å². The summed E-state index contributed by atoms with van der Waals surface area (Å²) in [5, 5.41) is 1.84. The lowest BCUT2D eigenvalue weighted by molar-refractivity contribution is 0.104. The number of thiophene rings is 1. The molecular weight excluding hydrogens is 361 g/mol. The Kier molecular flexibility index (Phi) is 4.03. The molecule has 5 heteroatoms. The highest BCUT2D eigenvalue weighted by molar-refractivity contribution is 7.21. The van der Waals surface area contributed by atoms with Gasteiger partial charge in [-0.25, -0.2) is 0 Å². The predicted molar refractivity (Wildman–Crippen MR) is 103 cm³/mol. The second-order valence-corrected chi connectivity index (χ2v) is 8.02. The molecule has 2 nitrogen and oxygen atoms in total. The van der Waals surface area contributed by atoms with E-state index < -0.39 is 0 Å². The molecule has 0 radical (unpaired) electrons. The van der Waals surface area contributed by atoms with Crippen molar-refractivity contribution in [2.24, 2.45) is 0 Å². The normalized spacial score (nSPS) is 13.9. The molecule has 1 heterocycles. The van der Waals surface area contributed by atoms with Crippen molar-refractivity contribution in [1.29, 1.82) is 0 Å². The van der Waals surface area contributed by atoms with Gasteiger partial charge in [-0.3, -0.25) is 4.79 Å². The molecular formula is C19H15Cl2NOS. The molecule has 4 rings (SSSR count). The number of carbonyl (C=O) groups is 1. The summed E-state index contributed by atoms with van der Waals surface area (Å²) in [6, 6.07) is 9.27. The second kappa shape index (κ2) is 6.07. The molecule has 0 saturated carbocycles. The van der Waals surface area contributed by atoms with E-state index in [1.54, 1.807) is 18.2 Å². The molecule has 0 aliphatic heterocycles. The minimum atomic E-state index is -0.145. The van der Waals surface area contributed by atoms with E-state index in [4.69, 9.17) is 28.9 Å². The van der Waals surface area contributed by atoms with Crippen molar-refractivity contribution in [2.45, 2.75) is 25.7 Å². The van der Waals surface area contributed by atoms with Crippen LogP contribution in [0.25, 0.3) is 10.1 Å². The first-order valence-corrected chi connectivity index (χ1v) is 9.45. The van der Waals surface area contributed by atoms with Gasteiger partial charge in [0.2, 0.25) is 5.78 Å². The third-order valence-corrected chi connectivity index (χ3v) is 6.29. The highest BCUT2D eigenvalue weighted by Crippen LogP contribution is 2.39. The average Bonchev–Trinajstić information content (AvgIpc) is 2.88. The van der Waals surface area contributed by atoms with Crippen LogP contribution < -0.4 is 5.73 Å². The number of ketones is 1. The van der Waals surface area contributed by atoms with E-state index in [0.717, 1.165) is 22.9 Å². The van der Waals surface area contributed by atoms with Gasteiger partial charge in [-0.15, -0.1) is 11.3 Å². The summed E-state index contributed by atoms with van der Waals surface area (Å²) in [6.07, 6.45) is 4.64. The zero-order chi connectivity index (χ0) is 16.8. The molecule has 24 heavy (non-hydrogen) atoms. The van der Waals surface area contributed by atoms with Crippen molar-refractivity contribution in [3.8, 4) is 0 Å². The van der Waals surface area contributed by atoms with Crippen LogP contribution in [0.2, 0.25) is 10.0 Å². The molecule has 0 amide bonds. The van der Waals surface area contributed by atoms with E-state index in [0.29, 0.717) is 26.2 Å². The van der Waals surface area contributed by atoms with Crippen molar-refractivity contribution >= 4 is 56.1 Å². The quantitative estimate of drug-likeness (QED) is 0.566. The smallest absolute Gasteiger partial charge is 0.206 e. The molecule has 0 spiro atoms. The van der Waals surface area contributed by atoms with Crippen LogP contribution in [0.4, 0.5) is 5.69 Å². The first kappa shape index (κ1) is 15.9. The van der Waals surface area contributed by atoms with Gasteiger partial charge in [0, 0.05) is 20.7 Å². The molecule has 1 aliphatic carbocycles. The van der Waals surface area contributed by atoms with Crippen molar-refractivity contribution in [1.82, 2.24) is 0 Å². The SMILES string of the molecule is Nc1c(C(=O)c2ccc(Cl)cc2Cl)sc2cc3c(cc12)CCCC3. The van der Waals surface area contributed by atoms with Crippen molar-refractivity contribution in [3.63, 3.8) is 0 Å². The van der Waals surface area contributed by atoms with Crippen LogP contribution in [-0.2, 0) is 12.8 Å². The number of carbonyl (C=O) groups excluding carboxylic acids is 1. The van der Waals surface area contributed by atoms with Crippen LogP contribution in [0.3, 0.4) is 0 Å². The first-order chi connectivity index (χ1) is 11.5. The Labute approximate surface area is 154 Å². The van der Waals surface area contributed by atoms with Gasteiger partial charge in [0.15, 0.2) is 0 Å². The van der Waals surface area contributed by atoms with Crippen molar-refractivity contribution in [2.75, 3.05) is 5.73 Å². The molecule has 2 N–H and O–H groups in total. The molecule has 0 atom stereocenters. The molecule has 0 saturated heterocycles.